The summed E-state index contributed by atoms with van der Waals surface area (Å²) in [6, 6.07) is 5.43. The Labute approximate surface area is 120 Å². The summed E-state index contributed by atoms with van der Waals surface area (Å²) in [6.07, 6.45) is 0. The molecule has 0 unspecified atom stereocenters. The minimum absolute atomic E-state index is 0.495. The molecule has 0 aromatic heterocycles. The predicted octanol–water partition coefficient (Wildman–Crippen LogP) is 2.66. The molecule has 2 N–H and O–H groups in total. The fraction of sp³-hybridized carbons (Fsp3) is 0.571. The van der Waals surface area contributed by atoms with Crippen molar-refractivity contribution in [3.05, 3.63) is 23.2 Å². The van der Waals surface area contributed by atoms with Crippen LogP contribution in [-0.4, -0.2) is 44.4 Å². The maximum atomic E-state index is 6.03. The van der Waals surface area contributed by atoms with Crippen molar-refractivity contribution >= 4 is 17.3 Å². The van der Waals surface area contributed by atoms with Crippen LogP contribution in [0.3, 0.4) is 0 Å². The third kappa shape index (κ3) is 5.27. The highest BCUT2D eigenvalue weighted by Gasteiger charge is 2.10. The van der Waals surface area contributed by atoms with Crippen LogP contribution in [0.1, 0.15) is 13.8 Å². The molecule has 0 radical (unpaired) electrons. The maximum absolute atomic E-state index is 6.03. The Balaban J connectivity index is 0.000000861. The zero-order chi connectivity index (χ0) is 14.1. The minimum atomic E-state index is 0.495. The predicted molar refractivity (Wildman–Crippen MR) is 80.0 cm³/mol. The molecule has 2 rings (SSSR count). The van der Waals surface area contributed by atoms with Gasteiger partial charge in [-0.05, 0) is 12.1 Å². The van der Waals surface area contributed by atoms with Crippen molar-refractivity contribution in [1.29, 1.82) is 0 Å². The van der Waals surface area contributed by atoms with E-state index in [1.165, 1.54) is 0 Å². The third-order valence-corrected chi connectivity index (χ3v) is 3.17. The Morgan fingerprint density at radius 3 is 2.68 bits per heavy atom. The first-order chi connectivity index (χ1) is 9.27. The minimum Gasteiger partial charge on any atom is -0.491 e. The van der Waals surface area contributed by atoms with Gasteiger partial charge in [0.15, 0.2) is 0 Å². The zero-order valence-corrected chi connectivity index (χ0v) is 12.4. The Kier molecular flexibility index (Phi) is 7.63. The fourth-order valence-electron chi connectivity index (χ4n) is 1.75. The largest absolute Gasteiger partial charge is 0.491 e. The van der Waals surface area contributed by atoms with Crippen LogP contribution in [0.15, 0.2) is 18.2 Å². The van der Waals surface area contributed by atoms with Crippen LogP contribution in [0.25, 0.3) is 0 Å². The van der Waals surface area contributed by atoms with Crippen molar-refractivity contribution in [2.45, 2.75) is 13.8 Å². The number of rotatable bonds is 4. The Morgan fingerprint density at radius 1 is 1.32 bits per heavy atom. The average Bonchev–Trinajstić information content (AvgIpc) is 2.47. The van der Waals surface area contributed by atoms with Gasteiger partial charge in [-0.25, -0.2) is 0 Å². The van der Waals surface area contributed by atoms with Crippen molar-refractivity contribution in [3.8, 4) is 5.75 Å². The topological polar surface area (TPSA) is 47.7 Å². The molecule has 0 spiro atoms. The molecule has 1 aliphatic rings. The first-order valence-electron chi connectivity index (χ1n) is 6.74. The van der Waals surface area contributed by atoms with E-state index < -0.39 is 0 Å². The highest BCUT2D eigenvalue weighted by Crippen LogP contribution is 2.29. The second-order valence-corrected chi connectivity index (χ2v) is 4.34. The van der Waals surface area contributed by atoms with Gasteiger partial charge >= 0.3 is 0 Å². The van der Waals surface area contributed by atoms with Crippen LogP contribution < -0.4 is 10.5 Å². The van der Waals surface area contributed by atoms with Crippen LogP contribution in [0.2, 0.25) is 5.02 Å². The van der Waals surface area contributed by atoms with Crippen LogP contribution in [0, 0.1) is 0 Å². The molecular weight excluding hydrogens is 264 g/mol. The molecule has 4 nitrogen and oxygen atoms in total. The number of anilines is 1. The number of morpholine rings is 1. The summed E-state index contributed by atoms with van der Waals surface area (Å²) in [6.45, 7) is 9.04. The molecule has 1 aromatic rings. The number of hydrogen-bond donors (Lipinski definition) is 1. The summed E-state index contributed by atoms with van der Waals surface area (Å²) in [4.78, 5) is 2.31. The number of nitrogens with zero attached hydrogens (tertiary/aromatic N) is 1. The van der Waals surface area contributed by atoms with Gasteiger partial charge in [-0.15, -0.1) is 0 Å². The lowest BCUT2D eigenvalue weighted by atomic mass is 10.3. The molecule has 19 heavy (non-hydrogen) atoms. The van der Waals surface area contributed by atoms with Gasteiger partial charge in [-0.3, -0.25) is 4.90 Å². The maximum Gasteiger partial charge on any atom is 0.140 e. The van der Waals surface area contributed by atoms with E-state index in [4.69, 9.17) is 26.8 Å². The first-order valence-corrected chi connectivity index (χ1v) is 7.12. The van der Waals surface area contributed by atoms with Crippen LogP contribution in [-0.2, 0) is 4.74 Å². The van der Waals surface area contributed by atoms with E-state index in [-0.39, 0.29) is 0 Å². The van der Waals surface area contributed by atoms with Gasteiger partial charge in [0.05, 0.1) is 18.9 Å². The summed E-state index contributed by atoms with van der Waals surface area (Å²) in [5.74, 6) is 0.653. The number of hydrogen-bond acceptors (Lipinski definition) is 4. The van der Waals surface area contributed by atoms with E-state index in [1.54, 1.807) is 6.07 Å². The van der Waals surface area contributed by atoms with Gasteiger partial charge in [0.1, 0.15) is 17.4 Å². The molecule has 1 aromatic carbocycles. The second-order valence-electron chi connectivity index (χ2n) is 3.96. The van der Waals surface area contributed by atoms with Crippen molar-refractivity contribution in [3.63, 3.8) is 0 Å². The standard InChI is InChI=1S/C12H17ClN2O2.C2H6/c13-12-10(14)2-1-3-11(12)17-9-6-15-4-7-16-8-5-15;1-2/h1-3H,4-9,14H2;1-2H3. The fourth-order valence-corrected chi connectivity index (χ4v) is 1.93. The molecule has 1 saturated heterocycles. The van der Waals surface area contributed by atoms with Gasteiger partial charge in [0.2, 0.25) is 0 Å². The molecule has 108 valence electrons. The number of nitrogen functional groups attached to an aromatic ring is 1. The Morgan fingerprint density at radius 2 is 2.00 bits per heavy atom. The van der Waals surface area contributed by atoms with Crippen molar-refractivity contribution < 1.29 is 9.47 Å². The van der Waals surface area contributed by atoms with E-state index in [1.807, 2.05) is 26.0 Å². The third-order valence-electron chi connectivity index (χ3n) is 2.76. The molecule has 0 bridgehead atoms. The molecule has 0 saturated carbocycles. The van der Waals surface area contributed by atoms with Gasteiger partial charge < -0.3 is 15.2 Å². The van der Waals surface area contributed by atoms with Crippen molar-refractivity contribution in [1.82, 2.24) is 4.90 Å². The molecular formula is C14H23ClN2O2. The van der Waals surface area contributed by atoms with Gasteiger partial charge in [0, 0.05) is 19.6 Å². The molecule has 1 heterocycles. The summed E-state index contributed by atoms with van der Waals surface area (Å²) in [7, 11) is 0. The quantitative estimate of drug-likeness (QED) is 0.865. The Bertz CT molecular complexity index is 368. The number of halogens is 1. The number of ether oxygens (including phenoxy) is 2. The molecule has 1 fully saturated rings. The van der Waals surface area contributed by atoms with E-state index in [0.29, 0.717) is 23.1 Å². The molecule has 0 aliphatic carbocycles. The van der Waals surface area contributed by atoms with Crippen molar-refractivity contribution in [2.24, 2.45) is 0 Å². The van der Waals surface area contributed by atoms with E-state index in [0.717, 1.165) is 32.8 Å². The average molecular weight is 287 g/mol. The van der Waals surface area contributed by atoms with E-state index in [2.05, 4.69) is 4.90 Å². The number of benzene rings is 1. The van der Waals surface area contributed by atoms with E-state index in [9.17, 15) is 0 Å². The van der Waals surface area contributed by atoms with Crippen LogP contribution >= 0.6 is 11.6 Å². The van der Waals surface area contributed by atoms with Crippen LogP contribution in [0.5, 0.6) is 5.75 Å². The monoisotopic (exact) mass is 286 g/mol. The zero-order valence-electron chi connectivity index (χ0n) is 11.7. The Hall–Kier alpha value is -0.970. The number of nitrogens with two attached hydrogens (primary N) is 1. The molecule has 0 atom stereocenters. The highest BCUT2D eigenvalue weighted by molar-refractivity contribution is 6.34. The lowest BCUT2D eigenvalue weighted by Crippen LogP contribution is -2.38. The van der Waals surface area contributed by atoms with Crippen molar-refractivity contribution in [2.75, 3.05) is 45.2 Å². The SMILES string of the molecule is CC.Nc1cccc(OCCN2CCOCC2)c1Cl. The van der Waals surface area contributed by atoms with E-state index >= 15 is 0 Å². The highest BCUT2D eigenvalue weighted by atomic mass is 35.5. The normalized spacial score (nSPS) is 15.5. The lowest BCUT2D eigenvalue weighted by molar-refractivity contribution is 0.0322. The first kappa shape index (κ1) is 16.1. The molecule has 5 heteroatoms. The summed E-state index contributed by atoms with van der Waals surface area (Å²) >= 11 is 6.03. The van der Waals surface area contributed by atoms with Gasteiger partial charge in [0.25, 0.3) is 0 Å². The van der Waals surface area contributed by atoms with Gasteiger partial charge in [-0.1, -0.05) is 31.5 Å². The molecule has 0 amide bonds. The van der Waals surface area contributed by atoms with Crippen LogP contribution in [0.4, 0.5) is 5.69 Å². The molecule has 1 aliphatic heterocycles. The summed E-state index contributed by atoms with van der Waals surface area (Å²) in [5.41, 5.74) is 6.25. The summed E-state index contributed by atoms with van der Waals surface area (Å²) in [5, 5.41) is 0.495. The summed E-state index contributed by atoms with van der Waals surface area (Å²) < 4.78 is 10.9. The van der Waals surface area contributed by atoms with Gasteiger partial charge in [-0.2, -0.15) is 0 Å². The lowest BCUT2D eigenvalue weighted by Gasteiger charge is -2.26. The second kappa shape index (κ2) is 9.02. The smallest absolute Gasteiger partial charge is 0.140 e.